The van der Waals surface area contributed by atoms with Crippen molar-refractivity contribution in [2.75, 3.05) is 18.1 Å². The number of nitrogens with zero attached hydrogens (tertiary/aromatic N) is 6. The van der Waals surface area contributed by atoms with Gasteiger partial charge in [-0.25, -0.2) is 24.3 Å². The summed E-state index contributed by atoms with van der Waals surface area (Å²) in [5, 5.41) is 10.6. The highest BCUT2D eigenvalue weighted by Crippen LogP contribution is 2.34. The number of anilines is 2. The summed E-state index contributed by atoms with van der Waals surface area (Å²) in [7, 11) is 0. The molecule has 0 fully saturated rings. The van der Waals surface area contributed by atoms with E-state index in [4.69, 9.17) is 11.5 Å². The maximum atomic E-state index is 14.6. The molecule has 9 nitrogen and oxygen atoms in total. The number of aliphatic imine (C=N–C) groups is 1. The van der Waals surface area contributed by atoms with Crippen LogP contribution in [0, 0.1) is 5.82 Å². The van der Waals surface area contributed by atoms with Crippen LogP contribution in [0.25, 0.3) is 22.6 Å². The fourth-order valence-electron chi connectivity index (χ4n) is 3.59. The van der Waals surface area contributed by atoms with Crippen LogP contribution in [0.4, 0.5) is 16.2 Å². The van der Waals surface area contributed by atoms with Crippen LogP contribution < -0.4 is 11.5 Å². The van der Waals surface area contributed by atoms with Crippen LogP contribution in [0.2, 0.25) is 0 Å². The molecule has 14 heteroatoms. The second-order valence-electron chi connectivity index (χ2n) is 7.84. The number of allylic oxidation sites excluding steroid dienone is 1. The van der Waals surface area contributed by atoms with E-state index in [1.54, 1.807) is 0 Å². The zero-order valence-corrected chi connectivity index (χ0v) is 23.5. The fourth-order valence-corrected chi connectivity index (χ4v) is 3.59. The molecular weight excluding hydrogens is 565 g/mol. The van der Waals surface area contributed by atoms with Crippen molar-refractivity contribution in [3.8, 4) is 28.4 Å². The summed E-state index contributed by atoms with van der Waals surface area (Å²) in [5.41, 5.74) is 14.6. The van der Waals surface area contributed by atoms with Gasteiger partial charge in [-0.05, 0) is 44.5 Å². The van der Waals surface area contributed by atoms with E-state index in [2.05, 4.69) is 43.7 Å². The van der Waals surface area contributed by atoms with Gasteiger partial charge in [-0.2, -0.15) is 0 Å². The summed E-state index contributed by atoms with van der Waals surface area (Å²) >= 11 is 0. The first-order valence-corrected chi connectivity index (χ1v) is 10.6. The highest BCUT2D eigenvalue weighted by molar-refractivity contribution is 6.09. The number of pyridine rings is 2. The maximum absolute atomic E-state index is 14.6. The molecule has 0 aliphatic carbocycles. The minimum atomic E-state index is -0.684. The molecule has 0 radical (unpaired) electrons. The first kappa shape index (κ1) is 34.1. The molecule has 0 bridgehead atoms. The molecule has 0 saturated carbocycles. The van der Waals surface area contributed by atoms with E-state index < -0.39 is 5.82 Å². The summed E-state index contributed by atoms with van der Waals surface area (Å²) in [6.07, 6.45) is 5.78. The number of rotatable bonds is 5. The summed E-state index contributed by atoms with van der Waals surface area (Å²) in [4.78, 5) is 23.8. The van der Waals surface area contributed by atoms with Gasteiger partial charge in [0.25, 0.3) is 0 Å². The molecule has 0 saturated heterocycles. The number of aromatic hydroxyl groups is 1. The fraction of sp³-hybridized carbons (Fsp3) is 0.261. The first-order valence-electron chi connectivity index (χ1n) is 10.6. The van der Waals surface area contributed by atoms with Crippen LogP contribution in [-0.4, -0.2) is 48.4 Å². The zero-order chi connectivity index (χ0) is 23.7. The van der Waals surface area contributed by atoms with Crippen molar-refractivity contribution in [2.24, 2.45) is 4.99 Å². The minimum Gasteiger partial charge on any atom is -0.506 e. The average molecular weight is 594 g/mol. The van der Waals surface area contributed by atoms with E-state index in [-0.39, 0.29) is 84.1 Å². The van der Waals surface area contributed by atoms with Crippen LogP contribution in [0.3, 0.4) is 0 Å². The van der Waals surface area contributed by atoms with Gasteiger partial charge >= 0.3 is 0 Å². The van der Waals surface area contributed by atoms with Crippen molar-refractivity contribution in [3.63, 3.8) is 0 Å². The Labute approximate surface area is 239 Å². The van der Waals surface area contributed by atoms with Gasteiger partial charge in [0.2, 0.25) is 5.95 Å². The normalized spacial score (nSPS) is 12.0. The van der Waals surface area contributed by atoms with Gasteiger partial charge in [-0.15, -0.1) is 49.6 Å². The third-order valence-corrected chi connectivity index (χ3v) is 5.40. The standard InChI is InChI=1S/C23H25FN8O.4ClH/c1-4-13-19(16-8-10-32(11-28-16)12(2)3)30-23(26)31-20(13)21-17(33)6-5-15(29-21)14-7-9-27-22(25)18(14)24;;;;/h5-10,12,33H,4,11H2,1-3H3,(H2,25,27)(H2,26,30,31);4*1H. The number of hydrogen-bond donors (Lipinski definition) is 3. The molecule has 3 aromatic heterocycles. The smallest absolute Gasteiger partial charge is 0.221 e. The molecule has 4 rings (SSSR count). The van der Waals surface area contributed by atoms with E-state index in [0.717, 1.165) is 5.56 Å². The zero-order valence-electron chi connectivity index (χ0n) is 20.3. The van der Waals surface area contributed by atoms with Crippen LogP contribution >= 0.6 is 49.6 Å². The van der Waals surface area contributed by atoms with Gasteiger partial charge in [0, 0.05) is 29.6 Å². The van der Waals surface area contributed by atoms with Gasteiger partial charge in [0.05, 0.1) is 17.1 Å². The van der Waals surface area contributed by atoms with Crippen LogP contribution in [0.15, 0.2) is 41.7 Å². The van der Waals surface area contributed by atoms with E-state index in [9.17, 15) is 9.50 Å². The predicted molar refractivity (Wildman–Crippen MR) is 155 cm³/mol. The van der Waals surface area contributed by atoms with Crippen molar-refractivity contribution in [1.82, 2.24) is 24.8 Å². The number of hydrogen-bond acceptors (Lipinski definition) is 9. The summed E-state index contributed by atoms with van der Waals surface area (Å²) in [5.74, 6) is -1.02. The minimum absolute atomic E-state index is 0. The molecule has 1 aliphatic heterocycles. The Balaban J connectivity index is 0.00000324. The topological polar surface area (TPSA) is 139 Å². The molecule has 37 heavy (non-hydrogen) atoms. The molecule has 4 heterocycles. The lowest BCUT2D eigenvalue weighted by Crippen LogP contribution is -2.29. The average Bonchev–Trinajstić information content (AvgIpc) is 2.81. The van der Waals surface area contributed by atoms with Gasteiger partial charge < -0.3 is 21.5 Å². The Hall–Kier alpha value is -2.92. The second kappa shape index (κ2) is 14.1. The molecule has 0 unspecified atom stereocenters. The van der Waals surface area contributed by atoms with Gasteiger partial charge in [-0.3, -0.25) is 4.99 Å². The maximum Gasteiger partial charge on any atom is 0.221 e. The van der Waals surface area contributed by atoms with Crippen molar-refractivity contribution < 1.29 is 9.50 Å². The van der Waals surface area contributed by atoms with E-state index >= 15 is 0 Å². The van der Waals surface area contributed by atoms with Crippen molar-refractivity contribution >= 4 is 67.1 Å². The SMILES string of the molecule is CCc1c(C2=NCN(C(C)C)C=C2)nc(N)nc1-c1nc(-c2ccnc(N)c2F)ccc1O.Cl.Cl.Cl.Cl. The molecular formula is C23H29Cl4FN8O. The van der Waals surface area contributed by atoms with E-state index in [1.165, 1.54) is 24.4 Å². The largest absolute Gasteiger partial charge is 0.506 e. The molecule has 202 valence electrons. The van der Waals surface area contributed by atoms with Crippen LogP contribution in [0.1, 0.15) is 32.0 Å². The lowest BCUT2D eigenvalue weighted by atomic mass is 10.0. The number of nitrogens with two attached hydrogens (primary N) is 2. The van der Waals surface area contributed by atoms with Gasteiger partial charge in [-0.1, -0.05) is 6.92 Å². The molecule has 3 aromatic rings. The predicted octanol–water partition coefficient (Wildman–Crippen LogP) is 4.84. The molecule has 0 spiro atoms. The third-order valence-electron chi connectivity index (χ3n) is 5.40. The molecule has 5 N–H and O–H groups in total. The highest BCUT2D eigenvalue weighted by atomic mass is 35.5. The number of halogens is 5. The van der Waals surface area contributed by atoms with Crippen LogP contribution in [-0.2, 0) is 6.42 Å². The Bertz CT molecular complexity index is 1290. The van der Waals surface area contributed by atoms with Crippen molar-refractivity contribution in [1.29, 1.82) is 0 Å². The Morgan fingerprint density at radius 3 is 2.27 bits per heavy atom. The van der Waals surface area contributed by atoms with Crippen LogP contribution in [0.5, 0.6) is 5.75 Å². The molecule has 0 aromatic carbocycles. The van der Waals surface area contributed by atoms with Gasteiger partial charge in [0.1, 0.15) is 23.8 Å². The van der Waals surface area contributed by atoms with E-state index in [0.29, 0.717) is 36.2 Å². The molecule has 0 atom stereocenters. The van der Waals surface area contributed by atoms with E-state index in [1.807, 2.05) is 19.2 Å². The Kier molecular flexibility index (Phi) is 13.0. The monoisotopic (exact) mass is 592 g/mol. The first-order chi connectivity index (χ1) is 15.8. The Morgan fingerprint density at radius 2 is 1.68 bits per heavy atom. The summed E-state index contributed by atoms with van der Waals surface area (Å²) in [6.45, 7) is 6.61. The highest BCUT2D eigenvalue weighted by Gasteiger charge is 2.22. The lowest BCUT2D eigenvalue weighted by molar-refractivity contribution is 0.318. The number of aromatic nitrogens is 4. The van der Waals surface area contributed by atoms with Crippen molar-refractivity contribution in [3.05, 3.63) is 53.7 Å². The summed E-state index contributed by atoms with van der Waals surface area (Å²) in [6, 6.07) is 4.72. The van der Waals surface area contributed by atoms with Gasteiger partial charge in [0.15, 0.2) is 11.6 Å². The molecule has 0 amide bonds. The molecule has 1 aliphatic rings. The van der Waals surface area contributed by atoms with Crippen molar-refractivity contribution in [2.45, 2.75) is 33.2 Å². The second-order valence-corrected chi connectivity index (χ2v) is 7.84. The summed E-state index contributed by atoms with van der Waals surface area (Å²) < 4.78 is 14.6. The number of nitrogen functional groups attached to an aromatic ring is 2. The quantitative estimate of drug-likeness (QED) is 0.382. The lowest BCUT2D eigenvalue weighted by Gasteiger charge is -2.26. The Morgan fingerprint density at radius 1 is 1.00 bits per heavy atom. The third kappa shape index (κ3) is 6.89.